The van der Waals surface area contributed by atoms with Crippen LogP contribution in [0.5, 0.6) is 0 Å². The van der Waals surface area contributed by atoms with E-state index in [2.05, 4.69) is 27.4 Å². The molecular weight excluding hydrogens is 260 g/mol. The van der Waals surface area contributed by atoms with Gasteiger partial charge in [-0.2, -0.15) is 0 Å². The molecule has 0 spiro atoms. The number of piperazine rings is 1. The summed E-state index contributed by atoms with van der Waals surface area (Å²) in [6.07, 6.45) is 3.57. The van der Waals surface area contributed by atoms with Gasteiger partial charge in [0.15, 0.2) is 0 Å². The fourth-order valence-electron chi connectivity index (χ4n) is 2.07. The number of likely N-dealkylation sites (N-methyl/N-ethyl adjacent to an activating group) is 1. The van der Waals surface area contributed by atoms with Crippen LogP contribution in [-0.2, 0) is 6.54 Å². The van der Waals surface area contributed by atoms with Crippen LogP contribution in [-0.4, -0.2) is 48.1 Å². The number of aromatic nitrogens is 1. The third kappa shape index (κ3) is 3.22. The molecule has 0 bridgehead atoms. The number of hydrogen-bond donors (Lipinski definition) is 1. The van der Waals surface area contributed by atoms with E-state index in [4.69, 9.17) is 4.42 Å². The van der Waals surface area contributed by atoms with Gasteiger partial charge in [0.25, 0.3) is 0 Å². The molecule has 3 heterocycles. The molecule has 0 radical (unpaired) electrons. The fourth-order valence-corrected chi connectivity index (χ4v) is 2.89. The Hall–Kier alpha value is -1.21. The van der Waals surface area contributed by atoms with Gasteiger partial charge in [0.05, 0.1) is 17.7 Å². The van der Waals surface area contributed by atoms with E-state index in [9.17, 15) is 0 Å². The molecule has 1 aliphatic heterocycles. The highest BCUT2D eigenvalue weighted by atomic mass is 32.1. The third-order valence-corrected chi connectivity index (χ3v) is 4.29. The second-order valence-electron chi connectivity index (χ2n) is 4.72. The molecule has 102 valence electrons. The van der Waals surface area contributed by atoms with E-state index >= 15 is 0 Å². The van der Waals surface area contributed by atoms with Gasteiger partial charge in [0.1, 0.15) is 10.8 Å². The van der Waals surface area contributed by atoms with Gasteiger partial charge < -0.3 is 9.32 Å². The van der Waals surface area contributed by atoms with Gasteiger partial charge in [-0.3, -0.25) is 0 Å². The van der Waals surface area contributed by atoms with Gasteiger partial charge in [-0.05, 0) is 19.2 Å². The molecule has 0 aromatic carbocycles. The first kappa shape index (κ1) is 12.8. The van der Waals surface area contributed by atoms with Crippen molar-refractivity contribution in [1.29, 1.82) is 0 Å². The van der Waals surface area contributed by atoms with Gasteiger partial charge in [0, 0.05) is 32.4 Å². The Morgan fingerprint density at radius 1 is 1.37 bits per heavy atom. The molecule has 0 atom stereocenters. The predicted octanol–water partition coefficient (Wildman–Crippen LogP) is 1.66. The van der Waals surface area contributed by atoms with Crippen LogP contribution >= 0.6 is 11.3 Å². The lowest BCUT2D eigenvalue weighted by Gasteiger charge is -2.32. The lowest BCUT2D eigenvalue weighted by molar-refractivity contribution is 0.102. The van der Waals surface area contributed by atoms with Crippen molar-refractivity contribution in [3.05, 3.63) is 29.6 Å². The average molecular weight is 278 g/mol. The van der Waals surface area contributed by atoms with Crippen molar-refractivity contribution in [3.63, 3.8) is 0 Å². The SMILES string of the molecule is CN1CCN(NCc2ncc(-c3ccco3)s2)CC1. The minimum absolute atomic E-state index is 0.787. The second-order valence-corrected chi connectivity index (χ2v) is 5.84. The molecule has 3 rings (SSSR count). The number of furan rings is 1. The van der Waals surface area contributed by atoms with E-state index in [0.717, 1.165) is 48.4 Å². The minimum Gasteiger partial charge on any atom is -0.463 e. The van der Waals surface area contributed by atoms with Crippen LogP contribution in [0.1, 0.15) is 5.01 Å². The summed E-state index contributed by atoms with van der Waals surface area (Å²) in [4.78, 5) is 7.86. The Balaban J connectivity index is 1.53. The van der Waals surface area contributed by atoms with Crippen molar-refractivity contribution in [2.24, 2.45) is 0 Å². The second kappa shape index (κ2) is 5.83. The van der Waals surface area contributed by atoms with Crippen molar-refractivity contribution >= 4 is 11.3 Å². The molecule has 0 amide bonds. The summed E-state index contributed by atoms with van der Waals surface area (Å²) in [6, 6.07) is 3.86. The molecule has 6 heteroatoms. The van der Waals surface area contributed by atoms with Crippen LogP contribution in [0.25, 0.3) is 10.6 Å². The quantitative estimate of drug-likeness (QED) is 0.921. The van der Waals surface area contributed by atoms with Crippen molar-refractivity contribution < 1.29 is 4.42 Å². The first-order valence-corrected chi connectivity index (χ1v) is 7.28. The van der Waals surface area contributed by atoms with Crippen LogP contribution in [0.4, 0.5) is 0 Å². The molecule has 5 nitrogen and oxygen atoms in total. The van der Waals surface area contributed by atoms with Gasteiger partial charge >= 0.3 is 0 Å². The van der Waals surface area contributed by atoms with Crippen molar-refractivity contribution in [2.45, 2.75) is 6.54 Å². The molecule has 0 aliphatic carbocycles. The standard InChI is InChI=1S/C13H18N4OS/c1-16-4-6-17(7-5-16)15-10-13-14-9-12(19-13)11-3-2-8-18-11/h2-3,8-9,15H,4-7,10H2,1H3. The summed E-state index contributed by atoms with van der Waals surface area (Å²) in [5, 5.41) is 3.36. The van der Waals surface area contributed by atoms with E-state index in [0.29, 0.717) is 0 Å². The first-order chi connectivity index (χ1) is 9.31. The lowest BCUT2D eigenvalue weighted by atomic mass is 10.4. The summed E-state index contributed by atoms with van der Waals surface area (Å²) in [5.41, 5.74) is 3.44. The zero-order valence-corrected chi connectivity index (χ0v) is 11.8. The Labute approximate surface area is 116 Å². The number of nitrogens with zero attached hydrogens (tertiary/aromatic N) is 3. The number of nitrogens with one attached hydrogen (secondary N) is 1. The van der Waals surface area contributed by atoms with E-state index < -0.39 is 0 Å². The van der Waals surface area contributed by atoms with Crippen LogP contribution in [0, 0.1) is 0 Å². The maximum atomic E-state index is 5.37. The molecule has 1 fully saturated rings. The summed E-state index contributed by atoms with van der Waals surface area (Å²) in [5.74, 6) is 0.892. The topological polar surface area (TPSA) is 44.5 Å². The van der Waals surface area contributed by atoms with Gasteiger partial charge in [-0.25, -0.2) is 15.4 Å². The molecule has 0 saturated carbocycles. The van der Waals surface area contributed by atoms with Crippen LogP contribution in [0.2, 0.25) is 0 Å². The molecule has 2 aromatic heterocycles. The zero-order chi connectivity index (χ0) is 13.1. The van der Waals surface area contributed by atoms with E-state index in [1.54, 1.807) is 17.6 Å². The smallest absolute Gasteiger partial charge is 0.145 e. The molecule has 0 unspecified atom stereocenters. The van der Waals surface area contributed by atoms with Crippen molar-refractivity contribution in [1.82, 2.24) is 20.3 Å². The maximum absolute atomic E-state index is 5.37. The molecule has 2 aromatic rings. The minimum atomic E-state index is 0.787. The zero-order valence-electron chi connectivity index (χ0n) is 11.0. The van der Waals surface area contributed by atoms with Gasteiger partial charge in [0.2, 0.25) is 0 Å². The van der Waals surface area contributed by atoms with Crippen molar-refractivity contribution in [3.8, 4) is 10.6 Å². The Kier molecular flexibility index (Phi) is 3.93. The van der Waals surface area contributed by atoms with Crippen molar-refractivity contribution in [2.75, 3.05) is 33.2 Å². The summed E-state index contributed by atoms with van der Waals surface area (Å²) < 4.78 is 5.37. The third-order valence-electron chi connectivity index (χ3n) is 3.27. The molecule has 19 heavy (non-hydrogen) atoms. The summed E-state index contributed by atoms with van der Waals surface area (Å²) in [6.45, 7) is 5.14. The van der Waals surface area contributed by atoms with E-state index in [-0.39, 0.29) is 0 Å². The fraction of sp³-hybridized carbons (Fsp3) is 0.462. The van der Waals surface area contributed by atoms with Crippen LogP contribution < -0.4 is 5.43 Å². The monoisotopic (exact) mass is 278 g/mol. The van der Waals surface area contributed by atoms with Crippen LogP contribution in [0.3, 0.4) is 0 Å². The highest BCUT2D eigenvalue weighted by Crippen LogP contribution is 2.26. The highest BCUT2D eigenvalue weighted by Gasteiger charge is 2.14. The predicted molar refractivity (Wildman–Crippen MR) is 75.7 cm³/mol. The summed E-state index contributed by atoms with van der Waals surface area (Å²) >= 11 is 1.68. The number of hydrogen-bond acceptors (Lipinski definition) is 6. The maximum Gasteiger partial charge on any atom is 0.145 e. The highest BCUT2D eigenvalue weighted by molar-refractivity contribution is 7.15. The lowest BCUT2D eigenvalue weighted by Crippen LogP contribution is -2.50. The average Bonchev–Trinajstić information content (AvgIpc) is 3.09. The Morgan fingerprint density at radius 3 is 2.95 bits per heavy atom. The number of thiazole rings is 1. The molecular formula is C13H18N4OS. The van der Waals surface area contributed by atoms with Gasteiger partial charge in [-0.15, -0.1) is 11.3 Å². The molecule has 1 saturated heterocycles. The Bertz CT molecular complexity index is 502. The largest absolute Gasteiger partial charge is 0.463 e. The van der Waals surface area contributed by atoms with E-state index in [1.807, 2.05) is 18.3 Å². The number of rotatable bonds is 4. The van der Waals surface area contributed by atoms with E-state index in [1.165, 1.54) is 0 Å². The normalized spacial score (nSPS) is 17.9. The molecule has 1 aliphatic rings. The summed E-state index contributed by atoms with van der Waals surface area (Å²) in [7, 11) is 2.16. The number of hydrazine groups is 1. The molecule has 1 N–H and O–H groups in total. The van der Waals surface area contributed by atoms with Gasteiger partial charge in [-0.1, -0.05) is 0 Å². The van der Waals surface area contributed by atoms with Crippen LogP contribution in [0.15, 0.2) is 29.0 Å². The Morgan fingerprint density at radius 2 is 2.21 bits per heavy atom. The first-order valence-electron chi connectivity index (χ1n) is 6.47.